The summed E-state index contributed by atoms with van der Waals surface area (Å²) >= 11 is 0. The molecule has 1 aromatic carbocycles. The molecule has 0 fully saturated rings. The number of amides is 1. The summed E-state index contributed by atoms with van der Waals surface area (Å²) in [4.78, 5) is 29.4. The van der Waals surface area contributed by atoms with Crippen molar-refractivity contribution < 1.29 is 19.2 Å². The Morgan fingerprint density at radius 1 is 1.41 bits per heavy atom. The van der Waals surface area contributed by atoms with Gasteiger partial charge < -0.3 is 14.9 Å². The predicted molar refractivity (Wildman–Crippen MR) is 81.2 cm³/mol. The van der Waals surface area contributed by atoms with Gasteiger partial charge in [-0.3, -0.25) is 4.79 Å². The van der Waals surface area contributed by atoms with Crippen molar-refractivity contribution in [1.29, 1.82) is 0 Å². The van der Waals surface area contributed by atoms with Gasteiger partial charge in [0.05, 0.1) is 7.11 Å². The van der Waals surface area contributed by atoms with Gasteiger partial charge in [-0.15, -0.1) is 0 Å². The van der Waals surface area contributed by atoms with Gasteiger partial charge >= 0.3 is 5.97 Å². The Balaban J connectivity index is 2.01. The average molecular weight is 304 g/mol. The molecule has 6 heteroatoms. The van der Waals surface area contributed by atoms with Crippen molar-refractivity contribution in [3.05, 3.63) is 35.9 Å². The third-order valence-electron chi connectivity index (χ3n) is 3.83. The molecule has 22 heavy (non-hydrogen) atoms. The minimum Gasteiger partial charge on any atom is -0.467 e. The number of esters is 1. The highest BCUT2D eigenvalue weighted by molar-refractivity contribution is 6.39. The molecule has 118 valence electrons. The summed E-state index contributed by atoms with van der Waals surface area (Å²) in [5.74, 6) is -0.893. The first kappa shape index (κ1) is 16.0. The quantitative estimate of drug-likeness (QED) is 0.844. The van der Waals surface area contributed by atoms with Crippen LogP contribution in [0.1, 0.15) is 38.4 Å². The fraction of sp³-hybridized carbons (Fsp3) is 0.438. The summed E-state index contributed by atoms with van der Waals surface area (Å²) in [6, 6.07) is 9.57. The normalized spacial score (nSPS) is 19.6. The van der Waals surface area contributed by atoms with Crippen LogP contribution in [-0.2, 0) is 19.2 Å². The smallest absolute Gasteiger partial charge is 0.331 e. The third kappa shape index (κ3) is 3.27. The summed E-state index contributed by atoms with van der Waals surface area (Å²) in [6.45, 7) is 3.43. The van der Waals surface area contributed by atoms with Crippen LogP contribution in [-0.4, -0.2) is 30.2 Å². The zero-order valence-electron chi connectivity index (χ0n) is 13.0. The van der Waals surface area contributed by atoms with Gasteiger partial charge in [-0.25, -0.2) is 4.79 Å². The number of benzene rings is 1. The van der Waals surface area contributed by atoms with Crippen molar-refractivity contribution in [2.24, 2.45) is 5.16 Å². The second kappa shape index (κ2) is 6.60. The number of hydrogen-bond acceptors (Lipinski definition) is 5. The van der Waals surface area contributed by atoms with Gasteiger partial charge in [0.25, 0.3) is 5.91 Å². The number of ether oxygens (including phenoxy) is 1. The largest absolute Gasteiger partial charge is 0.467 e. The number of carbonyl (C=O) groups is 2. The summed E-state index contributed by atoms with van der Waals surface area (Å²) in [5.41, 5.74) is 0.164. The van der Waals surface area contributed by atoms with E-state index in [9.17, 15) is 9.59 Å². The second-order valence-electron chi connectivity index (χ2n) is 5.38. The first-order chi connectivity index (χ1) is 10.5. The number of methoxy groups -OCH3 is 1. The number of hydrogen-bond donors (Lipinski definition) is 1. The van der Waals surface area contributed by atoms with Crippen LogP contribution in [0.25, 0.3) is 0 Å². The Labute approximate surface area is 129 Å². The molecular formula is C16H20N2O4. The summed E-state index contributed by atoms with van der Waals surface area (Å²) in [5, 5.41) is 6.53. The van der Waals surface area contributed by atoms with E-state index in [1.807, 2.05) is 30.3 Å². The standard InChI is InChI=1S/C16H20N2O4/c1-4-16(2,15(20)21-3)17-14(19)12-10-13(22-18-12)11-8-6-5-7-9-11/h5-9,13H,4,10H2,1-3H3,(H,17,19)/t13-,16-/m0/s1. The number of nitrogens with one attached hydrogen (secondary N) is 1. The van der Waals surface area contributed by atoms with Crippen LogP contribution < -0.4 is 5.32 Å². The molecule has 1 heterocycles. The minimum atomic E-state index is -1.07. The number of nitrogens with zero attached hydrogens (tertiary/aromatic N) is 1. The fourth-order valence-electron chi connectivity index (χ4n) is 2.19. The van der Waals surface area contributed by atoms with Gasteiger partial charge in [0.2, 0.25) is 0 Å². The minimum absolute atomic E-state index is 0.270. The Morgan fingerprint density at radius 3 is 2.68 bits per heavy atom. The van der Waals surface area contributed by atoms with Gasteiger partial charge in [0, 0.05) is 6.42 Å². The van der Waals surface area contributed by atoms with Crippen molar-refractivity contribution >= 4 is 17.6 Å². The zero-order valence-corrected chi connectivity index (χ0v) is 13.0. The first-order valence-corrected chi connectivity index (χ1v) is 7.18. The van der Waals surface area contributed by atoms with Crippen LogP contribution in [0.15, 0.2) is 35.5 Å². The number of rotatable bonds is 5. The molecule has 0 aliphatic carbocycles. The Bertz CT molecular complexity index is 585. The molecule has 0 aromatic heterocycles. The van der Waals surface area contributed by atoms with Crippen molar-refractivity contribution in [3.63, 3.8) is 0 Å². The maximum atomic E-state index is 12.3. The highest BCUT2D eigenvalue weighted by Crippen LogP contribution is 2.27. The lowest BCUT2D eigenvalue weighted by Crippen LogP contribution is -2.54. The van der Waals surface area contributed by atoms with Crippen molar-refractivity contribution in [3.8, 4) is 0 Å². The lowest BCUT2D eigenvalue weighted by atomic mass is 9.98. The van der Waals surface area contributed by atoms with Gasteiger partial charge in [-0.1, -0.05) is 42.4 Å². The van der Waals surface area contributed by atoms with Gasteiger partial charge in [0.15, 0.2) is 6.10 Å². The Kier molecular flexibility index (Phi) is 4.80. The molecule has 2 atom stereocenters. The average Bonchev–Trinajstić information content (AvgIpc) is 3.04. The summed E-state index contributed by atoms with van der Waals surface area (Å²) < 4.78 is 4.74. The van der Waals surface area contributed by atoms with E-state index in [4.69, 9.17) is 9.57 Å². The van der Waals surface area contributed by atoms with Crippen LogP contribution in [0.3, 0.4) is 0 Å². The third-order valence-corrected chi connectivity index (χ3v) is 3.83. The zero-order chi connectivity index (χ0) is 16.2. The van der Waals surface area contributed by atoms with Gasteiger partial charge in [-0.2, -0.15) is 0 Å². The Morgan fingerprint density at radius 2 is 2.09 bits per heavy atom. The van der Waals surface area contributed by atoms with Crippen LogP contribution in [0, 0.1) is 0 Å². The highest BCUT2D eigenvalue weighted by Gasteiger charge is 2.37. The molecule has 1 aliphatic rings. The van der Waals surface area contributed by atoms with E-state index in [0.29, 0.717) is 12.8 Å². The monoisotopic (exact) mass is 304 g/mol. The summed E-state index contributed by atoms with van der Waals surface area (Å²) in [6.07, 6.45) is 0.520. The molecule has 2 rings (SSSR count). The lowest BCUT2D eigenvalue weighted by molar-refractivity contribution is -0.149. The van der Waals surface area contributed by atoms with Crippen molar-refractivity contribution in [2.75, 3.05) is 7.11 Å². The molecule has 1 amide bonds. The fourth-order valence-corrected chi connectivity index (χ4v) is 2.19. The molecule has 0 saturated heterocycles. The van der Waals surface area contributed by atoms with E-state index < -0.39 is 17.4 Å². The molecule has 6 nitrogen and oxygen atoms in total. The molecule has 1 aromatic rings. The van der Waals surface area contributed by atoms with Crippen LogP contribution in [0.4, 0.5) is 0 Å². The van der Waals surface area contributed by atoms with E-state index in [1.54, 1.807) is 13.8 Å². The lowest BCUT2D eigenvalue weighted by Gasteiger charge is -2.26. The van der Waals surface area contributed by atoms with E-state index >= 15 is 0 Å². The summed E-state index contributed by atoms with van der Waals surface area (Å²) in [7, 11) is 1.30. The maximum absolute atomic E-state index is 12.3. The molecule has 1 N–H and O–H groups in total. The van der Waals surface area contributed by atoms with Crippen molar-refractivity contribution in [1.82, 2.24) is 5.32 Å². The molecule has 0 unspecified atom stereocenters. The molecular weight excluding hydrogens is 284 g/mol. The van der Waals surface area contributed by atoms with Crippen LogP contribution in [0.2, 0.25) is 0 Å². The molecule has 0 bridgehead atoms. The van der Waals surface area contributed by atoms with E-state index in [1.165, 1.54) is 7.11 Å². The maximum Gasteiger partial charge on any atom is 0.331 e. The number of oxime groups is 1. The molecule has 0 radical (unpaired) electrons. The van der Waals surface area contributed by atoms with E-state index in [2.05, 4.69) is 10.5 Å². The van der Waals surface area contributed by atoms with Gasteiger partial charge in [-0.05, 0) is 18.9 Å². The van der Waals surface area contributed by atoms with E-state index in [0.717, 1.165) is 5.56 Å². The topological polar surface area (TPSA) is 77.0 Å². The first-order valence-electron chi connectivity index (χ1n) is 7.18. The molecule has 1 aliphatic heterocycles. The molecule has 0 saturated carbocycles. The Hall–Kier alpha value is -2.37. The predicted octanol–water partition coefficient (Wildman–Crippen LogP) is 1.96. The van der Waals surface area contributed by atoms with Crippen LogP contribution >= 0.6 is 0 Å². The number of carbonyl (C=O) groups excluding carboxylic acids is 2. The SMILES string of the molecule is CC[C@](C)(NC(=O)C1=NO[C@H](c2ccccc2)C1)C(=O)OC. The molecule has 0 spiro atoms. The highest BCUT2D eigenvalue weighted by atomic mass is 16.6. The van der Waals surface area contributed by atoms with Crippen molar-refractivity contribution in [2.45, 2.75) is 38.3 Å². The second-order valence-corrected chi connectivity index (χ2v) is 5.38. The van der Waals surface area contributed by atoms with E-state index in [-0.39, 0.29) is 11.8 Å². The van der Waals surface area contributed by atoms with Gasteiger partial charge in [0.1, 0.15) is 11.3 Å². The van der Waals surface area contributed by atoms with Crippen LogP contribution in [0.5, 0.6) is 0 Å².